The number of aromatic nitrogens is 2. The van der Waals surface area contributed by atoms with Crippen molar-refractivity contribution in [1.82, 2.24) is 20.2 Å². The van der Waals surface area contributed by atoms with Crippen molar-refractivity contribution in [1.29, 1.82) is 0 Å². The standard InChI is InChI=1S/C30H25F6N5O4/c31-29(32,33)22-13-19(23-4-3-18(15-38-23)27(43)41-9-7-28(44,8-10-41)30(34,35)36)11-20-12-21(45-26(20)22)16-40-25(42)6-2-17-1-5-24(37)39-14-17/h1-6,11-15,44H,7-10,16H2,(H2,37,39)(H,40,42)/b6-2+. The van der Waals surface area contributed by atoms with Crippen molar-refractivity contribution in [2.24, 2.45) is 0 Å². The Morgan fingerprint density at radius 1 is 1.02 bits per heavy atom. The number of carbonyl (C=O) groups excluding carboxylic acids is 2. The van der Waals surface area contributed by atoms with Gasteiger partial charge in [0.2, 0.25) is 5.91 Å². The topological polar surface area (TPSA) is 135 Å². The second-order valence-electron chi connectivity index (χ2n) is 10.5. The Labute approximate surface area is 251 Å². The fraction of sp³-hybridized carbons (Fsp3) is 0.267. The van der Waals surface area contributed by atoms with Crippen molar-refractivity contribution in [3.05, 3.63) is 83.4 Å². The predicted molar refractivity (Wildman–Crippen MR) is 150 cm³/mol. The number of likely N-dealkylation sites (tertiary alicyclic amines) is 1. The van der Waals surface area contributed by atoms with Crippen LogP contribution >= 0.6 is 0 Å². The molecular formula is C30H25F6N5O4. The molecule has 0 aliphatic carbocycles. The van der Waals surface area contributed by atoms with Gasteiger partial charge in [-0.3, -0.25) is 14.6 Å². The zero-order valence-electron chi connectivity index (χ0n) is 23.2. The first kappa shape index (κ1) is 31.5. The quantitative estimate of drug-likeness (QED) is 0.193. The first-order chi connectivity index (χ1) is 21.1. The SMILES string of the molecule is Nc1ccc(/C=C/C(=O)NCc2cc3cc(-c4ccc(C(=O)N5CCC(O)(C(F)(F)F)CC5)cn4)cc(C(F)(F)F)c3o2)cn1. The number of nitrogens with one attached hydrogen (secondary N) is 1. The van der Waals surface area contributed by atoms with E-state index in [4.69, 9.17) is 10.2 Å². The number of alkyl halides is 6. The summed E-state index contributed by atoms with van der Waals surface area (Å²) in [5, 5.41) is 12.5. The average Bonchev–Trinajstić information content (AvgIpc) is 3.41. The molecule has 3 aromatic heterocycles. The van der Waals surface area contributed by atoms with Gasteiger partial charge in [-0.1, -0.05) is 0 Å². The monoisotopic (exact) mass is 633 g/mol. The molecule has 9 nitrogen and oxygen atoms in total. The maximum Gasteiger partial charge on any atom is 0.420 e. The lowest BCUT2D eigenvalue weighted by Gasteiger charge is -2.39. The largest absolute Gasteiger partial charge is 0.459 e. The van der Waals surface area contributed by atoms with Gasteiger partial charge < -0.3 is 25.5 Å². The van der Waals surface area contributed by atoms with Crippen molar-refractivity contribution in [2.45, 2.75) is 37.3 Å². The maximum atomic E-state index is 14.0. The number of nitrogen functional groups attached to an aromatic ring is 1. The van der Waals surface area contributed by atoms with Gasteiger partial charge in [-0.2, -0.15) is 26.3 Å². The van der Waals surface area contributed by atoms with E-state index in [0.717, 1.165) is 17.2 Å². The summed E-state index contributed by atoms with van der Waals surface area (Å²) in [6.07, 6.45) is -5.67. The maximum absolute atomic E-state index is 14.0. The summed E-state index contributed by atoms with van der Waals surface area (Å²) < 4.78 is 86.8. The third-order valence-electron chi connectivity index (χ3n) is 7.36. The van der Waals surface area contributed by atoms with Crippen LogP contribution in [0.3, 0.4) is 0 Å². The van der Waals surface area contributed by atoms with Crippen LogP contribution in [0.15, 0.2) is 65.4 Å². The van der Waals surface area contributed by atoms with Gasteiger partial charge in [0.05, 0.1) is 23.4 Å². The number of halogens is 6. The van der Waals surface area contributed by atoms with E-state index >= 15 is 0 Å². The van der Waals surface area contributed by atoms with Gasteiger partial charge in [0.15, 0.2) is 5.60 Å². The lowest BCUT2D eigenvalue weighted by Crippen LogP contribution is -2.54. The summed E-state index contributed by atoms with van der Waals surface area (Å²) in [5.74, 6) is -0.764. The normalized spacial score (nSPS) is 15.5. The van der Waals surface area contributed by atoms with Gasteiger partial charge in [0, 0.05) is 55.4 Å². The number of aliphatic hydroxyl groups is 1. The Morgan fingerprint density at radius 2 is 1.76 bits per heavy atom. The first-order valence-electron chi connectivity index (χ1n) is 13.5. The van der Waals surface area contributed by atoms with Gasteiger partial charge >= 0.3 is 12.4 Å². The van der Waals surface area contributed by atoms with E-state index < -0.39 is 53.8 Å². The second kappa shape index (κ2) is 11.9. The van der Waals surface area contributed by atoms with Gasteiger partial charge in [0.1, 0.15) is 17.2 Å². The predicted octanol–water partition coefficient (Wildman–Crippen LogP) is 5.35. The number of piperidine rings is 1. The van der Waals surface area contributed by atoms with Crippen LogP contribution in [0.1, 0.15) is 40.1 Å². The number of hydrogen-bond acceptors (Lipinski definition) is 7. The molecule has 4 aromatic rings. The Morgan fingerprint density at radius 3 is 2.36 bits per heavy atom. The molecule has 1 aliphatic rings. The van der Waals surface area contributed by atoms with Crippen LogP contribution < -0.4 is 11.1 Å². The molecule has 1 fully saturated rings. The number of anilines is 1. The number of fused-ring (bicyclic) bond motifs is 1. The highest BCUT2D eigenvalue weighted by Crippen LogP contribution is 2.40. The molecule has 0 saturated carbocycles. The zero-order valence-corrected chi connectivity index (χ0v) is 23.2. The number of furan rings is 1. The number of hydrogen-bond donors (Lipinski definition) is 3. The molecule has 0 bridgehead atoms. The molecule has 0 spiro atoms. The third kappa shape index (κ3) is 6.93. The summed E-state index contributed by atoms with van der Waals surface area (Å²) >= 11 is 0. The van der Waals surface area contributed by atoms with E-state index in [9.17, 15) is 41.0 Å². The zero-order chi connectivity index (χ0) is 32.6. The third-order valence-corrected chi connectivity index (χ3v) is 7.36. The molecule has 15 heteroatoms. The van der Waals surface area contributed by atoms with Gasteiger partial charge in [-0.15, -0.1) is 0 Å². The molecule has 45 heavy (non-hydrogen) atoms. The number of nitrogens with two attached hydrogens (primary N) is 1. The Hall–Kier alpha value is -4.92. The minimum atomic E-state index is -4.82. The van der Waals surface area contributed by atoms with Crippen LogP contribution in [-0.2, 0) is 17.5 Å². The van der Waals surface area contributed by atoms with E-state index in [1.54, 1.807) is 12.1 Å². The highest BCUT2D eigenvalue weighted by atomic mass is 19.4. The molecule has 2 amide bonds. The minimum Gasteiger partial charge on any atom is -0.459 e. The fourth-order valence-corrected chi connectivity index (χ4v) is 4.81. The Balaban J connectivity index is 1.31. The highest BCUT2D eigenvalue weighted by molar-refractivity contribution is 5.94. The van der Waals surface area contributed by atoms with Crippen molar-refractivity contribution >= 4 is 34.7 Å². The summed E-state index contributed by atoms with van der Waals surface area (Å²) in [7, 11) is 0. The van der Waals surface area contributed by atoms with Crippen LogP contribution in [0.2, 0.25) is 0 Å². The van der Waals surface area contributed by atoms with E-state index in [1.165, 1.54) is 42.6 Å². The van der Waals surface area contributed by atoms with Gasteiger partial charge in [0.25, 0.3) is 5.91 Å². The number of rotatable bonds is 6. The summed E-state index contributed by atoms with van der Waals surface area (Å²) in [6, 6.07) is 9.48. The number of benzene rings is 1. The molecule has 0 radical (unpaired) electrons. The summed E-state index contributed by atoms with van der Waals surface area (Å²) in [5.41, 5.74) is 1.95. The van der Waals surface area contributed by atoms with E-state index in [0.29, 0.717) is 11.4 Å². The fourth-order valence-electron chi connectivity index (χ4n) is 4.81. The Kier molecular flexibility index (Phi) is 8.31. The molecule has 1 aliphatic heterocycles. The highest BCUT2D eigenvalue weighted by Gasteiger charge is 2.55. The van der Waals surface area contributed by atoms with Gasteiger partial charge in [-0.05, 0) is 54.1 Å². The summed E-state index contributed by atoms with van der Waals surface area (Å²) in [4.78, 5) is 34.2. The molecule has 0 atom stereocenters. The number of amides is 2. The van der Waals surface area contributed by atoms with Crippen molar-refractivity contribution < 1.29 is 45.5 Å². The minimum absolute atomic E-state index is 0.0244. The molecule has 4 N–H and O–H groups in total. The number of nitrogens with zero attached hydrogens (tertiary/aromatic N) is 3. The van der Waals surface area contributed by atoms with Crippen LogP contribution in [0, 0.1) is 0 Å². The van der Waals surface area contributed by atoms with Crippen LogP contribution in [0.4, 0.5) is 32.2 Å². The average molecular weight is 634 g/mol. The molecule has 5 rings (SSSR count). The molecule has 0 unspecified atom stereocenters. The molecule has 1 saturated heterocycles. The summed E-state index contributed by atoms with van der Waals surface area (Å²) in [6.45, 7) is -0.861. The molecule has 236 valence electrons. The number of pyridine rings is 2. The lowest BCUT2D eigenvalue weighted by atomic mass is 9.90. The van der Waals surface area contributed by atoms with Crippen LogP contribution in [-0.4, -0.2) is 56.7 Å². The van der Waals surface area contributed by atoms with E-state index in [2.05, 4.69) is 15.3 Å². The smallest absolute Gasteiger partial charge is 0.420 e. The molecule has 1 aromatic carbocycles. The van der Waals surface area contributed by atoms with Crippen LogP contribution in [0.25, 0.3) is 28.3 Å². The van der Waals surface area contributed by atoms with Crippen LogP contribution in [0.5, 0.6) is 0 Å². The van der Waals surface area contributed by atoms with E-state index in [-0.39, 0.29) is 47.6 Å². The van der Waals surface area contributed by atoms with Crippen molar-refractivity contribution in [2.75, 3.05) is 18.8 Å². The number of carbonyl (C=O) groups is 2. The molecular weight excluding hydrogens is 608 g/mol. The first-order valence-corrected chi connectivity index (χ1v) is 13.5. The van der Waals surface area contributed by atoms with Crippen molar-refractivity contribution in [3.63, 3.8) is 0 Å². The van der Waals surface area contributed by atoms with E-state index in [1.807, 2.05) is 0 Å². The lowest BCUT2D eigenvalue weighted by molar-refractivity contribution is -0.271. The Bertz CT molecular complexity index is 1740. The van der Waals surface area contributed by atoms with Crippen molar-refractivity contribution in [3.8, 4) is 11.3 Å². The molecule has 4 heterocycles. The van der Waals surface area contributed by atoms with Gasteiger partial charge in [-0.25, -0.2) is 4.98 Å². The second-order valence-corrected chi connectivity index (χ2v) is 10.5.